The molecule has 1 unspecified atom stereocenters. The first-order valence-electron chi connectivity index (χ1n) is 11.4. The summed E-state index contributed by atoms with van der Waals surface area (Å²) < 4.78 is 2.25. The SMILES string of the molecule is OC1(CCCc2cn(C(c3ccccc3)(c3ccccc3)c3ccccc3)cn2)C=CSC1. The largest absolute Gasteiger partial charge is 0.385 e. The Kier molecular flexibility index (Phi) is 6.21. The smallest absolute Gasteiger partial charge is 0.121 e. The van der Waals surface area contributed by atoms with Gasteiger partial charge in [0.25, 0.3) is 0 Å². The molecule has 4 heteroatoms. The van der Waals surface area contributed by atoms with E-state index in [4.69, 9.17) is 4.98 Å². The van der Waals surface area contributed by atoms with Crippen LogP contribution in [0.5, 0.6) is 0 Å². The van der Waals surface area contributed by atoms with E-state index in [-0.39, 0.29) is 0 Å². The van der Waals surface area contributed by atoms with E-state index in [9.17, 15) is 5.11 Å². The van der Waals surface area contributed by atoms with Gasteiger partial charge >= 0.3 is 0 Å². The van der Waals surface area contributed by atoms with E-state index in [0.29, 0.717) is 0 Å². The van der Waals surface area contributed by atoms with E-state index in [0.717, 1.165) is 30.7 Å². The van der Waals surface area contributed by atoms with Crippen molar-refractivity contribution < 1.29 is 5.11 Å². The molecular weight excluding hydrogens is 424 g/mol. The molecule has 0 aliphatic carbocycles. The first-order valence-corrected chi connectivity index (χ1v) is 12.5. The quantitative estimate of drug-likeness (QED) is 0.331. The van der Waals surface area contributed by atoms with Crippen LogP contribution >= 0.6 is 11.8 Å². The highest BCUT2D eigenvalue weighted by Crippen LogP contribution is 2.40. The number of hydrogen-bond acceptors (Lipinski definition) is 3. The molecule has 1 N–H and O–H groups in total. The number of thioether (sulfide) groups is 1. The number of nitrogens with zero attached hydrogens (tertiary/aromatic N) is 2. The number of hydrogen-bond donors (Lipinski definition) is 1. The molecule has 1 aliphatic heterocycles. The second kappa shape index (κ2) is 9.42. The lowest BCUT2D eigenvalue weighted by molar-refractivity contribution is 0.107. The number of rotatable bonds is 8. The molecule has 0 fully saturated rings. The zero-order valence-corrected chi connectivity index (χ0v) is 19.4. The summed E-state index contributed by atoms with van der Waals surface area (Å²) in [4.78, 5) is 4.80. The third-order valence-electron chi connectivity index (χ3n) is 6.45. The van der Waals surface area contributed by atoms with E-state index in [2.05, 4.69) is 102 Å². The number of benzene rings is 3. The van der Waals surface area contributed by atoms with E-state index in [1.54, 1.807) is 11.8 Å². The van der Waals surface area contributed by atoms with E-state index in [1.807, 2.05) is 17.8 Å². The van der Waals surface area contributed by atoms with Crippen LogP contribution in [0.4, 0.5) is 0 Å². The van der Waals surface area contributed by atoms with Gasteiger partial charge in [0.15, 0.2) is 0 Å². The van der Waals surface area contributed by atoms with Gasteiger partial charge in [-0.15, -0.1) is 11.8 Å². The topological polar surface area (TPSA) is 38.0 Å². The lowest BCUT2D eigenvalue weighted by Gasteiger charge is -2.37. The third kappa shape index (κ3) is 4.29. The Hall–Kier alpha value is -3.08. The molecule has 3 aromatic carbocycles. The van der Waals surface area contributed by atoms with Crippen molar-refractivity contribution in [3.63, 3.8) is 0 Å². The average molecular weight is 453 g/mol. The van der Waals surface area contributed by atoms with Crippen LogP contribution in [0.25, 0.3) is 0 Å². The van der Waals surface area contributed by atoms with Crippen LogP contribution in [0.1, 0.15) is 35.2 Å². The Labute approximate surface area is 199 Å². The second-order valence-corrected chi connectivity index (χ2v) is 9.55. The van der Waals surface area contributed by atoms with Crippen LogP contribution in [0.3, 0.4) is 0 Å². The molecule has 5 rings (SSSR count). The Bertz CT molecular complexity index is 1110. The van der Waals surface area contributed by atoms with Crippen LogP contribution in [-0.2, 0) is 12.0 Å². The number of aryl methyl sites for hydroxylation is 1. The first kappa shape index (κ1) is 21.7. The minimum Gasteiger partial charge on any atom is -0.385 e. The summed E-state index contributed by atoms with van der Waals surface area (Å²) in [7, 11) is 0. The summed E-state index contributed by atoms with van der Waals surface area (Å²) >= 11 is 1.68. The molecule has 0 amide bonds. The van der Waals surface area contributed by atoms with Gasteiger partial charge < -0.3 is 9.67 Å². The predicted octanol–water partition coefficient (Wildman–Crippen LogP) is 6.04. The fourth-order valence-electron chi connectivity index (χ4n) is 4.81. The van der Waals surface area contributed by atoms with Crippen LogP contribution < -0.4 is 0 Å². The molecule has 1 aromatic heterocycles. The summed E-state index contributed by atoms with van der Waals surface area (Å²) in [6.07, 6.45) is 8.56. The summed E-state index contributed by atoms with van der Waals surface area (Å²) in [5.41, 5.74) is 3.41. The molecule has 0 saturated heterocycles. The van der Waals surface area contributed by atoms with Crippen molar-refractivity contribution >= 4 is 11.8 Å². The highest BCUT2D eigenvalue weighted by molar-refractivity contribution is 8.02. The zero-order chi connectivity index (χ0) is 22.6. The Balaban J connectivity index is 1.56. The van der Waals surface area contributed by atoms with E-state index < -0.39 is 11.1 Å². The van der Waals surface area contributed by atoms with Gasteiger partial charge in [-0.1, -0.05) is 91.0 Å². The Morgan fingerprint density at radius 1 is 0.848 bits per heavy atom. The molecule has 0 spiro atoms. The zero-order valence-electron chi connectivity index (χ0n) is 18.5. The van der Waals surface area contributed by atoms with Crippen LogP contribution in [0, 0.1) is 0 Å². The molecular formula is C29H28N2OS. The van der Waals surface area contributed by atoms with Crippen LogP contribution in [0.15, 0.2) is 115 Å². The van der Waals surface area contributed by atoms with Crippen molar-refractivity contribution in [2.24, 2.45) is 0 Å². The fourth-order valence-corrected chi connectivity index (χ4v) is 5.78. The van der Waals surface area contributed by atoms with Gasteiger partial charge in [-0.3, -0.25) is 0 Å². The molecule has 2 heterocycles. The van der Waals surface area contributed by atoms with Crippen molar-refractivity contribution in [3.05, 3.63) is 137 Å². The van der Waals surface area contributed by atoms with Crippen LogP contribution in [-0.4, -0.2) is 26.0 Å². The fraction of sp³-hybridized carbons (Fsp3) is 0.207. The molecule has 0 radical (unpaired) electrons. The molecule has 4 aromatic rings. The van der Waals surface area contributed by atoms with Gasteiger partial charge in [-0.25, -0.2) is 4.98 Å². The standard InChI is InChI=1S/C29H28N2OS/c32-28(19-20-33-22-28)18-10-17-27-21-31(23-30-27)29(24-11-4-1-5-12-24,25-13-6-2-7-14-25)26-15-8-3-9-16-26/h1-9,11-16,19-21,23,32H,10,17-18,22H2. The average Bonchev–Trinajstić information content (AvgIpc) is 3.52. The highest BCUT2D eigenvalue weighted by atomic mass is 32.2. The molecule has 166 valence electrons. The lowest BCUT2D eigenvalue weighted by atomic mass is 9.77. The van der Waals surface area contributed by atoms with E-state index >= 15 is 0 Å². The van der Waals surface area contributed by atoms with Gasteiger partial charge in [0.2, 0.25) is 0 Å². The summed E-state index contributed by atoms with van der Waals surface area (Å²) in [5.74, 6) is 0.751. The monoisotopic (exact) mass is 452 g/mol. The lowest BCUT2D eigenvalue weighted by Crippen LogP contribution is -2.36. The molecule has 33 heavy (non-hydrogen) atoms. The molecule has 3 nitrogen and oxygen atoms in total. The predicted molar refractivity (Wildman–Crippen MR) is 136 cm³/mol. The Morgan fingerprint density at radius 2 is 1.39 bits per heavy atom. The van der Waals surface area contributed by atoms with Crippen molar-refractivity contribution in [1.82, 2.24) is 9.55 Å². The van der Waals surface area contributed by atoms with Gasteiger partial charge in [-0.2, -0.15) is 0 Å². The number of aliphatic hydroxyl groups is 1. The minimum atomic E-state index is -0.672. The van der Waals surface area contributed by atoms with Gasteiger partial charge in [0, 0.05) is 11.9 Å². The van der Waals surface area contributed by atoms with Gasteiger partial charge in [0.05, 0.1) is 17.6 Å². The summed E-state index contributed by atoms with van der Waals surface area (Å²) in [6.45, 7) is 0. The Morgan fingerprint density at radius 3 is 1.88 bits per heavy atom. The summed E-state index contributed by atoms with van der Waals surface area (Å²) in [5, 5.41) is 12.6. The highest BCUT2D eigenvalue weighted by Gasteiger charge is 2.38. The van der Waals surface area contributed by atoms with E-state index in [1.165, 1.54) is 16.7 Å². The number of imidazole rings is 1. The third-order valence-corrected chi connectivity index (χ3v) is 7.44. The molecule has 0 saturated carbocycles. The van der Waals surface area contributed by atoms with Crippen molar-refractivity contribution in [2.75, 3.05) is 5.75 Å². The van der Waals surface area contributed by atoms with Crippen LogP contribution in [0.2, 0.25) is 0 Å². The maximum Gasteiger partial charge on any atom is 0.121 e. The number of aromatic nitrogens is 2. The summed E-state index contributed by atoms with van der Waals surface area (Å²) in [6, 6.07) is 31.9. The first-order chi connectivity index (χ1) is 16.2. The van der Waals surface area contributed by atoms with Crippen molar-refractivity contribution in [2.45, 2.75) is 30.4 Å². The maximum absolute atomic E-state index is 10.6. The second-order valence-electron chi connectivity index (χ2n) is 8.65. The minimum absolute atomic E-state index is 0.530. The normalized spacial score (nSPS) is 18.0. The van der Waals surface area contributed by atoms with Crippen molar-refractivity contribution in [1.29, 1.82) is 0 Å². The van der Waals surface area contributed by atoms with Crippen molar-refractivity contribution in [3.8, 4) is 0 Å². The van der Waals surface area contributed by atoms with Gasteiger partial charge in [0.1, 0.15) is 5.54 Å². The maximum atomic E-state index is 10.6. The molecule has 1 aliphatic rings. The molecule has 1 atom stereocenters. The molecule has 0 bridgehead atoms. The van der Waals surface area contributed by atoms with Gasteiger partial charge in [-0.05, 0) is 47.4 Å².